The first kappa shape index (κ1) is 22.8. The van der Waals surface area contributed by atoms with Crippen LogP contribution in [0.1, 0.15) is 59.9 Å². The SMILES string of the molecule is CCCC(=O)Nc1ccc(C(=O)C(C)OC(=O)c2cccc(C)c2NC(C)=O)cc1. The molecule has 0 saturated carbocycles. The van der Waals surface area contributed by atoms with E-state index in [1.54, 1.807) is 43.3 Å². The van der Waals surface area contributed by atoms with Gasteiger partial charge in [0.25, 0.3) is 0 Å². The van der Waals surface area contributed by atoms with Gasteiger partial charge in [0.1, 0.15) is 0 Å². The summed E-state index contributed by atoms with van der Waals surface area (Å²) >= 11 is 0. The van der Waals surface area contributed by atoms with Crippen LogP contribution in [-0.4, -0.2) is 29.7 Å². The average Bonchev–Trinajstić information content (AvgIpc) is 2.69. The van der Waals surface area contributed by atoms with Gasteiger partial charge in [-0.3, -0.25) is 14.4 Å². The van der Waals surface area contributed by atoms with Gasteiger partial charge in [-0.2, -0.15) is 0 Å². The summed E-state index contributed by atoms with van der Waals surface area (Å²) in [4.78, 5) is 48.3. The van der Waals surface area contributed by atoms with E-state index in [9.17, 15) is 19.2 Å². The Morgan fingerprint density at radius 1 is 1.00 bits per heavy atom. The smallest absolute Gasteiger partial charge is 0.340 e. The minimum absolute atomic E-state index is 0.0907. The molecule has 2 aromatic rings. The molecule has 158 valence electrons. The molecule has 0 fully saturated rings. The van der Waals surface area contributed by atoms with Crippen molar-refractivity contribution in [3.8, 4) is 0 Å². The van der Waals surface area contributed by atoms with E-state index in [1.165, 1.54) is 19.9 Å². The van der Waals surface area contributed by atoms with Crippen LogP contribution in [0, 0.1) is 6.92 Å². The molecule has 2 rings (SSSR count). The summed E-state index contributed by atoms with van der Waals surface area (Å²) in [7, 11) is 0. The molecule has 7 heteroatoms. The Morgan fingerprint density at radius 2 is 1.67 bits per heavy atom. The number of hydrogen-bond donors (Lipinski definition) is 2. The van der Waals surface area contributed by atoms with Crippen molar-refractivity contribution < 1.29 is 23.9 Å². The molecule has 0 aromatic heterocycles. The highest BCUT2D eigenvalue weighted by molar-refractivity contribution is 6.05. The van der Waals surface area contributed by atoms with Crippen LogP contribution in [0.25, 0.3) is 0 Å². The monoisotopic (exact) mass is 410 g/mol. The molecule has 2 aromatic carbocycles. The maximum atomic E-state index is 12.6. The Labute approximate surface area is 175 Å². The van der Waals surface area contributed by atoms with Crippen molar-refractivity contribution in [3.63, 3.8) is 0 Å². The van der Waals surface area contributed by atoms with Crippen LogP contribution in [0.3, 0.4) is 0 Å². The third kappa shape index (κ3) is 6.01. The molecule has 0 aliphatic carbocycles. The molecule has 2 amide bonds. The van der Waals surface area contributed by atoms with Gasteiger partial charge in [-0.1, -0.05) is 19.1 Å². The van der Waals surface area contributed by atoms with Gasteiger partial charge in [0.15, 0.2) is 6.10 Å². The number of carbonyl (C=O) groups excluding carboxylic acids is 4. The van der Waals surface area contributed by atoms with E-state index in [2.05, 4.69) is 10.6 Å². The normalized spacial score (nSPS) is 11.3. The van der Waals surface area contributed by atoms with Gasteiger partial charge in [-0.15, -0.1) is 0 Å². The maximum absolute atomic E-state index is 12.6. The number of ketones is 1. The molecular weight excluding hydrogens is 384 g/mol. The Kier molecular flexibility index (Phi) is 7.86. The number of benzene rings is 2. The lowest BCUT2D eigenvalue weighted by Gasteiger charge is -2.16. The first-order valence-electron chi connectivity index (χ1n) is 9.75. The Balaban J connectivity index is 2.09. The van der Waals surface area contributed by atoms with E-state index in [-0.39, 0.29) is 23.2 Å². The highest BCUT2D eigenvalue weighted by atomic mass is 16.5. The van der Waals surface area contributed by atoms with Gasteiger partial charge in [0, 0.05) is 24.6 Å². The van der Waals surface area contributed by atoms with E-state index in [0.29, 0.717) is 28.9 Å². The molecule has 1 unspecified atom stereocenters. The number of nitrogens with one attached hydrogen (secondary N) is 2. The number of esters is 1. The van der Waals surface area contributed by atoms with Crippen LogP contribution in [0.15, 0.2) is 42.5 Å². The minimum atomic E-state index is -1.02. The zero-order chi connectivity index (χ0) is 22.3. The average molecular weight is 410 g/mol. The summed E-state index contributed by atoms with van der Waals surface area (Å²) in [6.45, 7) is 6.52. The van der Waals surface area contributed by atoms with Gasteiger partial charge in [0.05, 0.1) is 11.3 Å². The van der Waals surface area contributed by atoms with Gasteiger partial charge >= 0.3 is 5.97 Å². The second-order valence-corrected chi connectivity index (χ2v) is 6.97. The Bertz CT molecular complexity index is 951. The number of amides is 2. The van der Waals surface area contributed by atoms with Crippen LogP contribution in [-0.2, 0) is 14.3 Å². The number of aryl methyl sites for hydroxylation is 1. The third-order valence-electron chi connectivity index (χ3n) is 4.38. The van der Waals surface area contributed by atoms with Gasteiger partial charge < -0.3 is 15.4 Å². The molecule has 0 heterocycles. The zero-order valence-electron chi connectivity index (χ0n) is 17.6. The summed E-state index contributed by atoms with van der Waals surface area (Å²) in [6, 6.07) is 11.4. The Hall–Kier alpha value is -3.48. The van der Waals surface area contributed by atoms with Gasteiger partial charge in [0.2, 0.25) is 17.6 Å². The van der Waals surface area contributed by atoms with Crippen LogP contribution in [0.2, 0.25) is 0 Å². The van der Waals surface area contributed by atoms with Crippen molar-refractivity contribution in [2.75, 3.05) is 10.6 Å². The fourth-order valence-corrected chi connectivity index (χ4v) is 2.86. The molecule has 0 spiro atoms. The predicted molar refractivity (Wildman–Crippen MR) is 115 cm³/mol. The second-order valence-electron chi connectivity index (χ2n) is 6.97. The zero-order valence-corrected chi connectivity index (χ0v) is 17.6. The lowest BCUT2D eigenvalue weighted by molar-refractivity contribution is -0.116. The first-order chi connectivity index (χ1) is 14.2. The summed E-state index contributed by atoms with van der Waals surface area (Å²) in [5, 5.41) is 5.38. The molecule has 2 N–H and O–H groups in total. The fraction of sp³-hybridized carbons (Fsp3) is 0.304. The fourth-order valence-electron chi connectivity index (χ4n) is 2.86. The molecular formula is C23H26N2O5. The molecule has 7 nitrogen and oxygen atoms in total. The van der Waals surface area contributed by atoms with E-state index in [4.69, 9.17) is 4.74 Å². The lowest BCUT2D eigenvalue weighted by atomic mass is 10.1. The second kappa shape index (κ2) is 10.3. The Morgan fingerprint density at radius 3 is 2.27 bits per heavy atom. The van der Waals surface area contributed by atoms with Crippen LogP contribution >= 0.6 is 0 Å². The number of hydrogen-bond acceptors (Lipinski definition) is 5. The van der Waals surface area contributed by atoms with Crippen molar-refractivity contribution in [2.45, 2.75) is 46.6 Å². The summed E-state index contributed by atoms with van der Waals surface area (Å²) in [5.41, 5.74) is 2.20. The van der Waals surface area contributed by atoms with Crippen LogP contribution in [0.5, 0.6) is 0 Å². The summed E-state index contributed by atoms with van der Waals surface area (Å²) < 4.78 is 5.35. The van der Waals surface area contributed by atoms with Crippen molar-refractivity contribution in [2.24, 2.45) is 0 Å². The quantitative estimate of drug-likeness (QED) is 0.503. The lowest BCUT2D eigenvalue weighted by Crippen LogP contribution is -2.25. The first-order valence-corrected chi connectivity index (χ1v) is 9.75. The van der Waals surface area contributed by atoms with Crippen LogP contribution < -0.4 is 10.6 Å². The number of para-hydroxylation sites is 1. The predicted octanol–water partition coefficient (Wildman–Crippen LogP) is 4.12. The minimum Gasteiger partial charge on any atom is -0.451 e. The van der Waals surface area contributed by atoms with Crippen molar-refractivity contribution in [1.82, 2.24) is 0 Å². The van der Waals surface area contributed by atoms with E-state index >= 15 is 0 Å². The number of rotatable bonds is 8. The molecule has 0 radical (unpaired) electrons. The molecule has 0 aliphatic rings. The van der Waals surface area contributed by atoms with Gasteiger partial charge in [-0.05, 0) is 56.2 Å². The summed E-state index contributed by atoms with van der Waals surface area (Å²) in [5.74, 6) is -1.48. The topological polar surface area (TPSA) is 102 Å². The maximum Gasteiger partial charge on any atom is 0.340 e. The van der Waals surface area contributed by atoms with E-state index in [0.717, 1.165) is 6.42 Å². The molecule has 0 aliphatic heterocycles. The van der Waals surface area contributed by atoms with Crippen molar-refractivity contribution in [3.05, 3.63) is 59.2 Å². The van der Waals surface area contributed by atoms with Crippen molar-refractivity contribution in [1.29, 1.82) is 0 Å². The standard InChI is InChI=1S/C23H26N2O5/c1-5-7-20(27)25-18-12-10-17(11-13-18)22(28)15(3)30-23(29)19-9-6-8-14(2)21(19)24-16(4)26/h6,8-13,15H,5,7H2,1-4H3,(H,24,26)(H,25,27). The van der Waals surface area contributed by atoms with Crippen molar-refractivity contribution >= 4 is 34.9 Å². The summed E-state index contributed by atoms with van der Waals surface area (Å²) in [6.07, 6.45) is 0.145. The highest BCUT2D eigenvalue weighted by Crippen LogP contribution is 2.22. The molecule has 30 heavy (non-hydrogen) atoms. The highest BCUT2D eigenvalue weighted by Gasteiger charge is 2.23. The number of carbonyl (C=O) groups is 4. The number of ether oxygens (including phenoxy) is 1. The van der Waals surface area contributed by atoms with E-state index in [1.807, 2.05) is 6.92 Å². The number of anilines is 2. The van der Waals surface area contributed by atoms with Gasteiger partial charge in [-0.25, -0.2) is 4.79 Å². The van der Waals surface area contributed by atoms with Crippen LogP contribution in [0.4, 0.5) is 11.4 Å². The van der Waals surface area contributed by atoms with E-state index < -0.39 is 12.1 Å². The third-order valence-corrected chi connectivity index (χ3v) is 4.38. The largest absolute Gasteiger partial charge is 0.451 e. The molecule has 0 bridgehead atoms. The molecule has 1 atom stereocenters. The number of Topliss-reactive ketones (excluding diaryl/α,β-unsaturated/α-hetero) is 1. The molecule has 0 saturated heterocycles.